The molecular formula is C27H23IrN2O2S-. The largest absolute Gasteiger partial charge is 0.512 e. The Kier molecular flexibility index (Phi) is 7.75. The molecule has 0 bridgehead atoms. The van der Waals surface area contributed by atoms with Crippen molar-refractivity contribution in [3.05, 3.63) is 83.9 Å². The molecule has 33 heavy (non-hydrogen) atoms. The van der Waals surface area contributed by atoms with E-state index in [9.17, 15) is 4.79 Å². The van der Waals surface area contributed by atoms with E-state index in [1.165, 1.54) is 46.3 Å². The molecular weight excluding hydrogens is 609 g/mol. The van der Waals surface area contributed by atoms with Crippen molar-refractivity contribution in [3.8, 4) is 11.3 Å². The standard InChI is InChI=1S/C22H15N2S.C5H8O2.Ir/c1-13-9-14(2)11-16(10-13)19-22-20(24-12-23-19)18-8-7-15-5-3-4-6-17(15)21(18)25-22;1-4(6)3-5(2)7;/h3-10,12H,1-2H3;3,6H,1-2H3;/q-1;;/b;4-3-;. The molecule has 0 unspecified atom stereocenters. The van der Waals surface area contributed by atoms with E-state index >= 15 is 0 Å². The van der Waals surface area contributed by atoms with Crippen LogP contribution in [0, 0.1) is 19.9 Å². The van der Waals surface area contributed by atoms with E-state index in [-0.39, 0.29) is 31.6 Å². The molecule has 5 aromatic rings. The molecule has 0 saturated heterocycles. The second kappa shape index (κ2) is 10.3. The number of carbonyl (C=O) groups excluding carboxylic acids is 1. The van der Waals surface area contributed by atoms with E-state index in [1.54, 1.807) is 17.7 Å². The van der Waals surface area contributed by atoms with Crippen LogP contribution in [0.2, 0.25) is 0 Å². The van der Waals surface area contributed by atoms with Gasteiger partial charge in [-0.25, -0.2) is 4.98 Å². The predicted molar refractivity (Wildman–Crippen MR) is 133 cm³/mol. The van der Waals surface area contributed by atoms with E-state index in [0.717, 1.165) is 27.0 Å². The summed E-state index contributed by atoms with van der Waals surface area (Å²) in [4.78, 5) is 19.2. The Hall–Kier alpha value is -2.92. The first-order valence-corrected chi connectivity index (χ1v) is 11.1. The number of thiophene rings is 1. The number of aliphatic hydroxyl groups excluding tert-OH is 1. The molecule has 0 fully saturated rings. The monoisotopic (exact) mass is 632 g/mol. The van der Waals surface area contributed by atoms with Gasteiger partial charge in [-0.3, -0.25) is 9.78 Å². The first-order chi connectivity index (χ1) is 15.3. The Labute approximate surface area is 210 Å². The Balaban J connectivity index is 0.000000337. The van der Waals surface area contributed by atoms with Gasteiger partial charge in [-0.05, 0) is 24.6 Å². The summed E-state index contributed by atoms with van der Waals surface area (Å²) in [7, 11) is 0. The van der Waals surface area contributed by atoms with Crippen molar-refractivity contribution >= 4 is 48.2 Å². The number of hydrogen-bond acceptors (Lipinski definition) is 5. The molecule has 0 saturated carbocycles. The third kappa shape index (κ3) is 5.36. The number of hydrogen-bond donors (Lipinski definition) is 1. The topological polar surface area (TPSA) is 63.1 Å². The number of ketones is 1. The van der Waals surface area contributed by atoms with Gasteiger partial charge >= 0.3 is 0 Å². The van der Waals surface area contributed by atoms with Crippen LogP contribution >= 0.6 is 11.3 Å². The van der Waals surface area contributed by atoms with Gasteiger partial charge in [0.25, 0.3) is 0 Å². The summed E-state index contributed by atoms with van der Waals surface area (Å²) < 4.78 is 2.41. The van der Waals surface area contributed by atoms with Crippen molar-refractivity contribution < 1.29 is 30.0 Å². The SMILES string of the molecule is CC(=O)/C=C(/C)O.Cc1[c-]c(-c2ncnc3c2sc2c4ccccc4ccc32)cc(C)c1.[Ir]. The van der Waals surface area contributed by atoms with Crippen LogP contribution in [0.25, 0.3) is 42.3 Å². The fraction of sp³-hybridized carbons (Fsp3) is 0.148. The molecule has 1 radical (unpaired) electrons. The number of allylic oxidation sites excluding steroid dienone is 2. The molecule has 0 spiro atoms. The number of benzene rings is 3. The minimum absolute atomic E-state index is 0. The first kappa shape index (κ1) is 24.7. The van der Waals surface area contributed by atoms with Crippen molar-refractivity contribution in [2.45, 2.75) is 27.7 Å². The number of carbonyl (C=O) groups is 1. The fourth-order valence-corrected chi connectivity index (χ4v) is 5.11. The Morgan fingerprint density at radius 2 is 1.76 bits per heavy atom. The summed E-state index contributed by atoms with van der Waals surface area (Å²) in [5, 5.41) is 12.1. The second-order valence-corrected chi connectivity index (χ2v) is 8.84. The fourth-order valence-electron chi connectivity index (χ4n) is 3.81. The summed E-state index contributed by atoms with van der Waals surface area (Å²) >= 11 is 1.78. The van der Waals surface area contributed by atoms with Gasteiger partial charge in [0, 0.05) is 46.7 Å². The van der Waals surface area contributed by atoms with Crippen LogP contribution in [0.4, 0.5) is 0 Å². The van der Waals surface area contributed by atoms with E-state index in [0.29, 0.717) is 0 Å². The number of rotatable bonds is 2. The average molecular weight is 632 g/mol. The molecule has 5 rings (SSSR count). The average Bonchev–Trinajstić information content (AvgIpc) is 3.12. The third-order valence-corrected chi connectivity index (χ3v) is 6.19. The van der Waals surface area contributed by atoms with Gasteiger partial charge in [0.05, 0.1) is 11.3 Å². The number of nitrogens with zero attached hydrogens (tertiary/aromatic N) is 2. The van der Waals surface area contributed by atoms with E-state index < -0.39 is 0 Å². The van der Waals surface area contributed by atoms with E-state index in [1.807, 2.05) is 0 Å². The summed E-state index contributed by atoms with van der Waals surface area (Å²) in [6.07, 6.45) is 2.84. The molecule has 0 atom stereocenters. The molecule has 0 aliphatic rings. The van der Waals surface area contributed by atoms with Gasteiger partial charge in [0.15, 0.2) is 5.78 Å². The number of aromatic nitrogens is 2. The van der Waals surface area contributed by atoms with Crippen molar-refractivity contribution in [1.82, 2.24) is 9.97 Å². The van der Waals surface area contributed by atoms with E-state index in [4.69, 9.17) is 5.11 Å². The normalized spacial score (nSPS) is 11.2. The van der Waals surface area contributed by atoms with Crippen molar-refractivity contribution in [1.29, 1.82) is 0 Å². The molecule has 0 amide bonds. The molecule has 2 aromatic heterocycles. The number of aryl methyl sites for hydroxylation is 2. The van der Waals surface area contributed by atoms with Gasteiger partial charge in [-0.2, -0.15) is 0 Å². The number of aliphatic hydroxyl groups is 1. The molecule has 3 aromatic carbocycles. The maximum Gasteiger partial charge on any atom is 0.155 e. The Morgan fingerprint density at radius 1 is 1.00 bits per heavy atom. The summed E-state index contributed by atoms with van der Waals surface area (Å²) in [5.41, 5.74) is 5.41. The minimum atomic E-state index is -0.125. The van der Waals surface area contributed by atoms with Crippen LogP contribution in [0.5, 0.6) is 0 Å². The smallest absolute Gasteiger partial charge is 0.155 e. The van der Waals surface area contributed by atoms with Crippen LogP contribution in [0.3, 0.4) is 0 Å². The predicted octanol–water partition coefficient (Wildman–Crippen LogP) is 7.12. The van der Waals surface area contributed by atoms with Crippen LogP contribution in [0.15, 0.2) is 66.7 Å². The van der Waals surface area contributed by atoms with Crippen LogP contribution < -0.4 is 0 Å². The third-order valence-electron chi connectivity index (χ3n) is 4.96. The quantitative estimate of drug-likeness (QED) is 0.128. The van der Waals surface area contributed by atoms with Gasteiger partial charge in [-0.15, -0.1) is 46.2 Å². The maximum atomic E-state index is 10.0. The molecule has 0 aliphatic carbocycles. The second-order valence-electron chi connectivity index (χ2n) is 7.82. The zero-order valence-electron chi connectivity index (χ0n) is 18.8. The summed E-state index contributed by atoms with van der Waals surface area (Å²) in [6, 6.07) is 20.6. The molecule has 2 heterocycles. The molecule has 169 valence electrons. The summed E-state index contributed by atoms with van der Waals surface area (Å²) in [5.74, 6) is -0.0625. The Bertz CT molecular complexity index is 1480. The van der Waals surface area contributed by atoms with Gasteiger partial charge in [-0.1, -0.05) is 50.2 Å². The minimum Gasteiger partial charge on any atom is -0.512 e. The van der Waals surface area contributed by atoms with Crippen molar-refractivity contribution in [2.24, 2.45) is 0 Å². The molecule has 1 N–H and O–H groups in total. The first-order valence-electron chi connectivity index (χ1n) is 10.3. The van der Waals surface area contributed by atoms with Gasteiger partial charge in [0.2, 0.25) is 0 Å². The van der Waals surface area contributed by atoms with E-state index in [2.05, 4.69) is 78.4 Å². The molecule has 6 heteroatoms. The maximum absolute atomic E-state index is 10.0. The molecule has 4 nitrogen and oxygen atoms in total. The van der Waals surface area contributed by atoms with Crippen LogP contribution in [-0.4, -0.2) is 20.9 Å². The zero-order chi connectivity index (χ0) is 22.8. The number of fused-ring (bicyclic) bond motifs is 5. The van der Waals surface area contributed by atoms with Crippen LogP contribution in [0.1, 0.15) is 25.0 Å². The van der Waals surface area contributed by atoms with Gasteiger partial charge < -0.3 is 5.11 Å². The zero-order valence-corrected chi connectivity index (χ0v) is 22.0. The summed E-state index contributed by atoms with van der Waals surface area (Å²) in [6.45, 7) is 7.04. The van der Waals surface area contributed by atoms with Crippen molar-refractivity contribution in [3.63, 3.8) is 0 Å². The van der Waals surface area contributed by atoms with Crippen molar-refractivity contribution in [2.75, 3.05) is 0 Å². The van der Waals surface area contributed by atoms with Gasteiger partial charge in [0.1, 0.15) is 6.33 Å². The van der Waals surface area contributed by atoms with Crippen LogP contribution in [-0.2, 0) is 24.9 Å². The Morgan fingerprint density at radius 3 is 2.42 bits per heavy atom. The molecule has 0 aliphatic heterocycles.